The van der Waals surface area contributed by atoms with Crippen molar-refractivity contribution in [3.05, 3.63) is 60.4 Å². The van der Waals surface area contributed by atoms with Gasteiger partial charge in [-0.15, -0.1) is 0 Å². The van der Waals surface area contributed by atoms with E-state index >= 15 is 0 Å². The maximum absolute atomic E-state index is 4.93. The topological polar surface area (TPSA) is 51.6 Å². The van der Waals surface area contributed by atoms with Gasteiger partial charge in [0.25, 0.3) is 0 Å². The molecular formula is C20H14N4. The van der Waals surface area contributed by atoms with Gasteiger partial charge in [-0.2, -0.15) is 0 Å². The van der Waals surface area contributed by atoms with Crippen molar-refractivity contribution in [2.75, 3.05) is 0 Å². The van der Waals surface area contributed by atoms with Crippen molar-refractivity contribution in [1.82, 2.24) is 19.9 Å². The molecule has 2 aromatic carbocycles. The highest BCUT2D eigenvalue weighted by molar-refractivity contribution is 6.21. The minimum atomic E-state index is 0.874. The molecule has 0 unspecified atom stereocenters. The van der Waals surface area contributed by atoms with Gasteiger partial charge in [0, 0.05) is 23.2 Å². The molecule has 0 aliphatic carbocycles. The summed E-state index contributed by atoms with van der Waals surface area (Å²) in [5.41, 5.74) is 6.62. The van der Waals surface area contributed by atoms with Crippen molar-refractivity contribution in [2.45, 2.75) is 13.3 Å². The van der Waals surface area contributed by atoms with E-state index < -0.39 is 0 Å². The number of aryl methyl sites for hydroxylation is 1. The van der Waals surface area contributed by atoms with Gasteiger partial charge in [-0.05, 0) is 48.4 Å². The van der Waals surface area contributed by atoms with Crippen molar-refractivity contribution >= 4 is 43.9 Å². The molecule has 5 rings (SSSR count). The molecule has 0 amide bonds. The molecule has 0 saturated carbocycles. The maximum Gasteiger partial charge on any atom is 0.0996 e. The van der Waals surface area contributed by atoms with Gasteiger partial charge < -0.3 is 0 Å². The number of fused-ring (bicyclic) bond motifs is 7. The van der Waals surface area contributed by atoms with Crippen LogP contribution in [0.1, 0.15) is 12.5 Å². The van der Waals surface area contributed by atoms with Gasteiger partial charge >= 0.3 is 0 Å². The van der Waals surface area contributed by atoms with Gasteiger partial charge in [-0.3, -0.25) is 9.97 Å². The Kier molecular flexibility index (Phi) is 2.73. The van der Waals surface area contributed by atoms with Crippen LogP contribution in [0.2, 0.25) is 0 Å². The molecule has 5 aromatic rings. The van der Waals surface area contributed by atoms with E-state index in [4.69, 9.17) is 9.97 Å². The average molecular weight is 310 g/mol. The fraction of sp³-hybridized carbons (Fsp3) is 0.100. The zero-order valence-corrected chi connectivity index (χ0v) is 13.2. The summed E-state index contributed by atoms with van der Waals surface area (Å²) < 4.78 is 0. The molecule has 0 saturated heterocycles. The Labute approximate surface area is 138 Å². The van der Waals surface area contributed by atoms with Crippen LogP contribution in [-0.4, -0.2) is 19.9 Å². The molecule has 0 aliphatic rings. The van der Waals surface area contributed by atoms with Crippen LogP contribution in [0, 0.1) is 0 Å². The summed E-state index contributed by atoms with van der Waals surface area (Å²) in [6.07, 6.45) is 4.58. The summed E-state index contributed by atoms with van der Waals surface area (Å²) in [6.45, 7) is 2.15. The lowest BCUT2D eigenvalue weighted by molar-refractivity contribution is 1.14. The highest BCUT2D eigenvalue weighted by Gasteiger charge is 2.13. The second-order valence-electron chi connectivity index (χ2n) is 5.90. The SMILES string of the molecule is CCc1ccc2nc3c4cccnc4c4ncccc4c3nc2c1. The quantitative estimate of drug-likeness (QED) is 0.339. The van der Waals surface area contributed by atoms with E-state index in [1.54, 1.807) is 12.4 Å². The summed E-state index contributed by atoms with van der Waals surface area (Å²) in [5, 5.41) is 1.99. The number of hydrogen-bond acceptors (Lipinski definition) is 4. The Bertz CT molecular complexity index is 1240. The van der Waals surface area contributed by atoms with Crippen LogP contribution in [0.3, 0.4) is 0 Å². The van der Waals surface area contributed by atoms with Gasteiger partial charge in [0.1, 0.15) is 0 Å². The number of rotatable bonds is 1. The molecule has 3 heterocycles. The number of benzene rings is 2. The zero-order chi connectivity index (χ0) is 16.1. The van der Waals surface area contributed by atoms with Crippen LogP contribution in [0.5, 0.6) is 0 Å². The van der Waals surface area contributed by atoms with E-state index in [-0.39, 0.29) is 0 Å². The summed E-state index contributed by atoms with van der Waals surface area (Å²) in [6, 6.07) is 14.2. The lowest BCUT2D eigenvalue weighted by atomic mass is 10.1. The molecule has 4 heteroatoms. The number of nitrogens with zero attached hydrogens (tertiary/aromatic N) is 4. The van der Waals surface area contributed by atoms with Crippen molar-refractivity contribution in [3.63, 3.8) is 0 Å². The Morgan fingerprint density at radius 3 is 1.96 bits per heavy atom. The van der Waals surface area contributed by atoms with Crippen molar-refractivity contribution in [2.24, 2.45) is 0 Å². The summed E-state index contributed by atoms with van der Waals surface area (Å²) in [5.74, 6) is 0. The Morgan fingerprint density at radius 2 is 1.33 bits per heavy atom. The first-order chi connectivity index (χ1) is 11.8. The smallest absolute Gasteiger partial charge is 0.0996 e. The Balaban J connectivity index is 2.07. The third-order valence-corrected chi connectivity index (χ3v) is 4.49. The van der Waals surface area contributed by atoms with Crippen LogP contribution < -0.4 is 0 Å². The predicted octanol–water partition coefficient (Wildman–Crippen LogP) is 4.44. The minimum absolute atomic E-state index is 0.874. The second kappa shape index (κ2) is 4.93. The standard InChI is InChI=1S/C20H14N4/c1-2-12-7-8-15-16(11-12)24-20-14-6-4-10-22-18(14)17-13(19(20)23-15)5-3-9-21-17/h3-11H,2H2,1H3. The second-order valence-corrected chi connectivity index (χ2v) is 5.90. The fourth-order valence-corrected chi connectivity index (χ4v) is 3.27. The lowest BCUT2D eigenvalue weighted by Gasteiger charge is -2.09. The van der Waals surface area contributed by atoms with E-state index in [2.05, 4.69) is 35.1 Å². The monoisotopic (exact) mass is 310 g/mol. The van der Waals surface area contributed by atoms with Crippen LogP contribution in [0.4, 0.5) is 0 Å². The third-order valence-electron chi connectivity index (χ3n) is 4.49. The van der Waals surface area contributed by atoms with E-state index in [0.717, 1.165) is 50.3 Å². The molecule has 3 aromatic heterocycles. The van der Waals surface area contributed by atoms with Crippen molar-refractivity contribution < 1.29 is 0 Å². The highest BCUT2D eigenvalue weighted by atomic mass is 14.8. The molecule has 0 atom stereocenters. The summed E-state index contributed by atoms with van der Waals surface area (Å²) in [4.78, 5) is 18.9. The first-order valence-electron chi connectivity index (χ1n) is 8.07. The first kappa shape index (κ1) is 13.3. The van der Waals surface area contributed by atoms with E-state index in [1.807, 2.05) is 24.3 Å². The molecule has 0 spiro atoms. The fourth-order valence-electron chi connectivity index (χ4n) is 3.27. The minimum Gasteiger partial charge on any atom is -0.254 e. The third kappa shape index (κ3) is 1.80. The van der Waals surface area contributed by atoms with E-state index in [0.29, 0.717) is 0 Å². The lowest BCUT2D eigenvalue weighted by Crippen LogP contribution is -1.94. The zero-order valence-electron chi connectivity index (χ0n) is 13.2. The van der Waals surface area contributed by atoms with E-state index in [1.165, 1.54) is 5.56 Å². The van der Waals surface area contributed by atoms with Crippen molar-refractivity contribution in [1.29, 1.82) is 0 Å². The molecule has 114 valence electrons. The maximum atomic E-state index is 4.93. The number of aromatic nitrogens is 4. The van der Waals surface area contributed by atoms with Crippen LogP contribution in [0.25, 0.3) is 43.9 Å². The summed E-state index contributed by atoms with van der Waals surface area (Å²) >= 11 is 0. The van der Waals surface area contributed by atoms with E-state index in [9.17, 15) is 0 Å². The normalized spacial score (nSPS) is 11.7. The van der Waals surface area contributed by atoms with Gasteiger partial charge in [0.05, 0.1) is 33.1 Å². The molecule has 4 nitrogen and oxygen atoms in total. The summed E-state index contributed by atoms with van der Waals surface area (Å²) in [7, 11) is 0. The van der Waals surface area contributed by atoms with Gasteiger partial charge in [-0.25, -0.2) is 9.97 Å². The Morgan fingerprint density at radius 1 is 0.708 bits per heavy atom. The van der Waals surface area contributed by atoms with Crippen LogP contribution in [-0.2, 0) is 6.42 Å². The van der Waals surface area contributed by atoms with Gasteiger partial charge in [0.2, 0.25) is 0 Å². The van der Waals surface area contributed by atoms with Gasteiger partial charge in [-0.1, -0.05) is 13.0 Å². The van der Waals surface area contributed by atoms with Crippen LogP contribution >= 0.6 is 0 Å². The average Bonchev–Trinajstić information content (AvgIpc) is 2.66. The predicted molar refractivity (Wildman–Crippen MR) is 97.0 cm³/mol. The first-order valence-corrected chi connectivity index (χ1v) is 8.07. The largest absolute Gasteiger partial charge is 0.254 e. The molecule has 0 bridgehead atoms. The number of pyridine rings is 2. The molecule has 0 radical (unpaired) electrons. The molecule has 0 fully saturated rings. The Hall–Kier alpha value is -3.14. The van der Waals surface area contributed by atoms with Crippen LogP contribution in [0.15, 0.2) is 54.9 Å². The number of hydrogen-bond donors (Lipinski definition) is 0. The van der Waals surface area contributed by atoms with Gasteiger partial charge in [0.15, 0.2) is 0 Å². The molecule has 24 heavy (non-hydrogen) atoms. The van der Waals surface area contributed by atoms with Crippen molar-refractivity contribution in [3.8, 4) is 0 Å². The molecular weight excluding hydrogens is 296 g/mol. The molecule has 0 aliphatic heterocycles. The highest BCUT2D eigenvalue weighted by Crippen LogP contribution is 2.31. The molecule has 0 N–H and O–H groups in total.